The molecular weight excluding hydrogens is 659 g/mol. The Morgan fingerprint density at radius 2 is 1.47 bits per heavy atom. The number of aromatic nitrogens is 4. The smallest absolute Gasteiger partial charge is 0.410 e. The fourth-order valence-corrected chi connectivity index (χ4v) is 6.01. The molecule has 2 aromatic carbocycles. The summed E-state index contributed by atoms with van der Waals surface area (Å²) in [5.74, 6) is 7.80. The summed E-state index contributed by atoms with van der Waals surface area (Å²) < 4.78 is 11.2. The highest BCUT2D eigenvalue weighted by molar-refractivity contribution is 7.59. The maximum atomic E-state index is 12.8. The molecule has 4 aromatic rings. The monoisotopic (exact) mass is 705 g/mol. The van der Waals surface area contributed by atoms with Crippen LogP contribution in [0.25, 0.3) is 21.9 Å². The van der Waals surface area contributed by atoms with Gasteiger partial charge in [-0.3, -0.25) is 4.90 Å². The number of hydrogen-bond donors (Lipinski definition) is 2. The second-order valence-electron chi connectivity index (χ2n) is 14.3. The van der Waals surface area contributed by atoms with Gasteiger partial charge in [0.2, 0.25) is 5.95 Å². The van der Waals surface area contributed by atoms with E-state index in [0.717, 1.165) is 64.6 Å². The van der Waals surface area contributed by atoms with E-state index >= 15 is 0 Å². The molecule has 4 heterocycles. The van der Waals surface area contributed by atoms with Crippen LogP contribution in [0.4, 0.5) is 15.5 Å². The molecule has 0 spiro atoms. The van der Waals surface area contributed by atoms with Gasteiger partial charge in [-0.25, -0.2) is 24.5 Å². The minimum absolute atomic E-state index is 0. The highest BCUT2D eigenvalue weighted by Gasteiger charge is 2.35. The molecule has 2 aliphatic rings. The van der Waals surface area contributed by atoms with Crippen LogP contribution >= 0.6 is 27.0 Å². The number of fused-ring (bicyclic) bond motifs is 2. The number of likely N-dealkylation sites (tertiary alicyclic amines) is 2. The van der Waals surface area contributed by atoms with E-state index in [1.165, 1.54) is 0 Å². The molecule has 13 heteroatoms. The highest BCUT2D eigenvalue weighted by atomic mass is 32.1. The van der Waals surface area contributed by atoms with Crippen molar-refractivity contribution in [3.05, 3.63) is 59.5 Å². The van der Waals surface area contributed by atoms with E-state index in [9.17, 15) is 9.59 Å². The van der Waals surface area contributed by atoms with Gasteiger partial charge in [-0.15, -0.1) is 0 Å². The third kappa shape index (κ3) is 9.30. The quantitative estimate of drug-likeness (QED) is 0.217. The van der Waals surface area contributed by atoms with Crippen molar-refractivity contribution in [2.24, 2.45) is 0 Å². The molecule has 11 nitrogen and oxygen atoms in total. The second kappa shape index (κ2) is 15.2. The molecule has 0 bridgehead atoms. The number of aromatic amines is 1. The van der Waals surface area contributed by atoms with E-state index in [0.29, 0.717) is 25.6 Å². The highest BCUT2D eigenvalue weighted by Crippen LogP contribution is 2.33. The maximum absolute atomic E-state index is 12.8. The maximum Gasteiger partial charge on any atom is 0.410 e. The molecular formula is C36H47N7O4S2. The Hall–Kier alpha value is -4.15. The first-order chi connectivity index (χ1) is 22.3. The summed E-state index contributed by atoms with van der Waals surface area (Å²) in [5, 5.41) is 4.19. The first-order valence-corrected chi connectivity index (χ1v) is 16.3. The fraction of sp³-hybridized carbons (Fsp3) is 0.472. The van der Waals surface area contributed by atoms with Gasteiger partial charge in [-0.2, -0.15) is 27.0 Å². The minimum Gasteiger partial charge on any atom is -0.444 e. The minimum atomic E-state index is -0.548. The number of nitrogens with one attached hydrogen (secondary N) is 2. The van der Waals surface area contributed by atoms with Crippen molar-refractivity contribution in [3.63, 3.8) is 0 Å². The first-order valence-electron chi connectivity index (χ1n) is 16.3. The Labute approximate surface area is 301 Å². The van der Waals surface area contributed by atoms with Crippen molar-refractivity contribution in [2.75, 3.05) is 25.0 Å². The molecule has 2 amide bonds. The van der Waals surface area contributed by atoms with E-state index in [-0.39, 0.29) is 51.3 Å². The van der Waals surface area contributed by atoms with E-state index in [1.807, 2.05) is 77.9 Å². The number of hydrogen-bond acceptors (Lipinski definition) is 8. The lowest BCUT2D eigenvalue weighted by Crippen LogP contribution is -2.42. The molecule has 2 N–H and O–H groups in total. The molecule has 2 atom stereocenters. The van der Waals surface area contributed by atoms with Gasteiger partial charge < -0.3 is 24.7 Å². The fourth-order valence-electron chi connectivity index (χ4n) is 6.01. The van der Waals surface area contributed by atoms with Gasteiger partial charge in [0, 0.05) is 42.3 Å². The van der Waals surface area contributed by atoms with E-state index in [4.69, 9.17) is 14.5 Å². The van der Waals surface area contributed by atoms with Crippen LogP contribution in [0.5, 0.6) is 0 Å². The Morgan fingerprint density at radius 1 is 0.857 bits per heavy atom. The number of carbonyl (C=O) groups excluding carboxylic acids is 2. The SMILES string of the molecule is CC(C)(C)OC(=O)N1CCC[C@H]1CNc1ncc2cc(C#Cc3ccc4nc([C@@H]5CCCN5C(=O)OC(C)(C)C)[nH]c4c3)ccc2n1.S.S. The van der Waals surface area contributed by atoms with E-state index in [1.54, 1.807) is 16.0 Å². The summed E-state index contributed by atoms with van der Waals surface area (Å²) >= 11 is 0. The van der Waals surface area contributed by atoms with Gasteiger partial charge in [-0.05, 0) is 104 Å². The third-order valence-electron chi connectivity index (χ3n) is 8.13. The van der Waals surface area contributed by atoms with Gasteiger partial charge in [0.05, 0.1) is 28.6 Å². The average molecular weight is 706 g/mol. The zero-order valence-corrected chi connectivity index (χ0v) is 31.0. The number of carbonyl (C=O) groups is 2. The number of nitrogens with zero attached hydrogens (tertiary/aromatic N) is 5. The zero-order valence-electron chi connectivity index (χ0n) is 29.0. The number of ether oxygens (including phenoxy) is 2. The number of anilines is 1. The van der Waals surface area contributed by atoms with Crippen LogP contribution in [-0.2, 0) is 9.47 Å². The largest absolute Gasteiger partial charge is 0.444 e. The van der Waals surface area contributed by atoms with Crippen molar-refractivity contribution in [3.8, 4) is 11.8 Å². The molecule has 0 radical (unpaired) electrons. The molecule has 0 aliphatic carbocycles. The normalized spacial score (nSPS) is 17.6. The Bertz CT molecular complexity index is 1870. The van der Waals surface area contributed by atoms with Crippen LogP contribution in [0.2, 0.25) is 0 Å². The van der Waals surface area contributed by atoms with Gasteiger partial charge in [-0.1, -0.05) is 11.8 Å². The lowest BCUT2D eigenvalue weighted by molar-refractivity contribution is 0.0213. The lowest BCUT2D eigenvalue weighted by atomic mass is 10.1. The van der Waals surface area contributed by atoms with Crippen LogP contribution in [-0.4, -0.2) is 78.8 Å². The van der Waals surface area contributed by atoms with Crippen molar-refractivity contribution in [1.29, 1.82) is 0 Å². The van der Waals surface area contributed by atoms with Gasteiger partial charge >= 0.3 is 12.2 Å². The van der Waals surface area contributed by atoms with Crippen molar-refractivity contribution >= 4 is 67.1 Å². The Balaban J connectivity index is 0.00000270. The molecule has 2 fully saturated rings. The van der Waals surface area contributed by atoms with Crippen LogP contribution in [0.3, 0.4) is 0 Å². The summed E-state index contributed by atoms with van der Waals surface area (Å²) in [5.41, 5.74) is 3.15. The van der Waals surface area contributed by atoms with E-state index in [2.05, 4.69) is 32.1 Å². The standard InChI is InChI=1S/C36H43N7O4.2H2S/c1-35(2,3)46-33(44)42-17-7-9-26(42)22-38-32-37-21-25-19-23(13-15-27(25)41-32)11-12-24-14-16-28-29(20-24)40-31(39-28)30-10-8-18-43(30)34(45)47-36(4,5)6;;/h13-16,19-21,26,30H,7-10,17-18,22H2,1-6H3,(H,39,40)(H,37,38,41);2*1H2/t26-,30-;;/m0../s1. The molecule has 0 saturated carbocycles. The topological polar surface area (TPSA) is 126 Å². The van der Waals surface area contributed by atoms with E-state index < -0.39 is 11.2 Å². The van der Waals surface area contributed by atoms with Crippen molar-refractivity contribution < 1.29 is 19.1 Å². The predicted octanol–water partition coefficient (Wildman–Crippen LogP) is 7.01. The number of H-pyrrole nitrogens is 1. The van der Waals surface area contributed by atoms with Gasteiger partial charge in [0.1, 0.15) is 17.0 Å². The summed E-state index contributed by atoms with van der Waals surface area (Å²) in [6.45, 7) is 13.2. The molecule has 0 unspecified atom stereocenters. The number of benzene rings is 2. The van der Waals surface area contributed by atoms with Crippen LogP contribution in [0, 0.1) is 11.8 Å². The number of rotatable bonds is 4. The molecule has 262 valence electrons. The molecule has 6 rings (SSSR count). The number of amides is 2. The van der Waals surface area contributed by atoms with Gasteiger partial charge in [0.15, 0.2) is 0 Å². The predicted molar refractivity (Wildman–Crippen MR) is 202 cm³/mol. The lowest BCUT2D eigenvalue weighted by Gasteiger charge is -2.28. The summed E-state index contributed by atoms with van der Waals surface area (Å²) in [7, 11) is 0. The molecule has 2 saturated heterocycles. The molecule has 2 aromatic heterocycles. The number of imidazole rings is 1. The van der Waals surface area contributed by atoms with Crippen LogP contribution < -0.4 is 5.32 Å². The average Bonchev–Trinajstić information content (AvgIpc) is 3.76. The summed E-state index contributed by atoms with van der Waals surface area (Å²) in [6.07, 6.45) is 4.79. The second-order valence-corrected chi connectivity index (χ2v) is 14.3. The van der Waals surface area contributed by atoms with Crippen LogP contribution in [0.1, 0.15) is 90.2 Å². The van der Waals surface area contributed by atoms with Gasteiger partial charge in [0.25, 0.3) is 0 Å². The first kappa shape index (κ1) is 37.7. The summed E-state index contributed by atoms with van der Waals surface area (Å²) in [4.78, 5) is 46.4. The van der Waals surface area contributed by atoms with Crippen LogP contribution in [0.15, 0.2) is 42.6 Å². The zero-order chi connectivity index (χ0) is 33.3. The van der Waals surface area contributed by atoms with Crippen molar-refractivity contribution in [1.82, 2.24) is 29.7 Å². The molecule has 2 aliphatic heterocycles. The third-order valence-corrected chi connectivity index (χ3v) is 8.13. The van der Waals surface area contributed by atoms with Crippen molar-refractivity contribution in [2.45, 2.75) is 90.5 Å². The Morgan fingerprint density at radius 3 is 2.16 bits per heavy atom. The Kier molecular flexibility index (Phi) is 11.7. The summed E-state index contributed by atoms with van der Waals surface area (Å²) in [6, 6.07) is 11.7. The molecule has 49 heavy (non-hydrogen) atoms.